The molecule has 0 bridgehead atoms. The zero-order chi connectivity index (χ0) is 31.9. The number of carbonyl (C=O) groups is 3. The summed E-state index contributed by atoms with van der Waals surface area (Å²) in [6.45, 7) is 2.99. The number of nitrogens with one attached hydrogen (secondary N) is 3. The number of rotatable bonds is 10. The van der Waals surface area contributed by atoms with Crippen LogP contribution in [0, 0.1) is 0 Å². The number of fused-ring (bicyclic) bond motifs is 3. The minimum absolute atomic E-state index is 0.0782. The molecule has 9 heteroatoms. The van der Waals surface area contributed by atoms with E-state index in [0.29, 0.717) is 16.8 Å². The quantitative estimate of drug-likeness (QED) is 0.109. The normalized spacial score (nSPS) is 11.4. The lowest BCUT2D eigenvalue weighted by Gasteiger charge is -2.12. The van der Waals surface area contributed by atoms with E-state index in [0.717, 1.165) is 33.4 Å². The lowest BCUT2D eigenvalue weighted by Crippen LogP contribution is -2.30. The van der Waals surface area contributed by atoms with Crippen LogP contribution in [0.5, 0.6) is 0 Å². The molecular formula is C37H31N5O3S. The van der Waals surface area contributed by atoms with Crippen molar-refractivity contribution < 1.29 is 14.4 Å². The zero-order valence-corrected chi connectivity index (χ0v) is 25.9. The molecule has 0 aliphatic carbocycles. The lowest BCUT2D eigenvalue weighted by molar-refractivity contribution is -0.114. The van der Waals surface area contributed by atoms with Crippen LogP contribution >= 0.6 is 11.8 Å². The van der Waals surface area contributed by atoms with Crippen molar-refractivity contribution in [2.24, 2.45) is 0 Å². The molecule has 46 heavy (non-hydrogen) atoms. The van der Waals surface area contributed by atoms with Crippen LogP contribution in [-0.2, 0) is 16.1 Å². The van der Waals surface area contributed by atoms with E-state index >= 15 is 0 Å². The fourth-order valence-corrected chi connectivity index (χ4v) is 5.92. The topological polar surface area (TPSA) is 105 Å². The Morgan fingerprint density at radius 2 is 1.52 bits per heavy atom. The smallest absolute Gasteiger partial charge is 0.272 e. The highest BCUT2D eigenvalue weighted by Gasteiger charge is 2.16. The summed E-state index contributed by atoms with van der Waals surface area (Å²) in [7, 11) is 0. The summed E-state index contributed by atoms with van der Waals surface area (Å²) >= 11 is 1.40. The summed E-state index contributed by atoms with van der Waals surface area (Å²) in [5.41, 5.74) is 4.79. The van der Waals surface area contributed by atoms with Crippen molar-refractivity contribution in [2.75, 3.05) is 16.4 Å². The largest absolute Gasteiger partial charge is 0.341 e. The molecule has 228 valence electrons. The van der Waals surface area contributed by atoms with Gasteiger partial charge in [-0.15, -0.1) is 11.8 Å². The summed E-state index contributed by atoms with van der Waals surface area (Å²) in [5.74, 6) is -0.764. The van der Waals surface area contributed by atoms with Crippen LogP contribution in [0.15, 0.2) is 132 Å². The monoisotopic (exact) mass is 625 g/mol. The molecule has 6 aromatic rings. The number of aromatic nitrogens is 2. The molecule has 0 aliphatic heterocycles. The molecule has 0 saturated heterocycles. The van der Waals surface area contributed by atoms with Gasteiger partial charge in [0, 0.05) is 62.6 Å². The van der Waals surface area contributed by atoms with Crippen LogP contribution in [0.2, 0.25) is 0 Å². The first-order valence-corrected chi connectivity index (χ1v) is 15.8. The molecule has 0 unspecified atom stereocenters. The van der Waals surface area contributed by atoms with Crippen molar-refractivity contribution in [2.45, 2.75) is 18.4 Å². The first-order chi connectivity index (χ1) is 22.5. The van der Waals surface area contributed by atoms with Crippen molar-refractivity contribution >= 4 is 68.7 Å². The molecule has 0 atom stereocenters. The minimum Gasteiger partial charge on any atom is -0.341 e. The third kappa shape index (κ3) is 7.00. The Kier molecular flexibility index (Phi) is 9.22. The molecule has 2 heterocycles. The van der Waals surface area contributed by atoms with Crippen LogP contribution < -0.4 is 16.0 Å². The summed E-state index contributed by atoms with van der Waals surface area (Å²) in [6.07, 6.45) is 4.81. The summed E-state index contributed by atoms with van der Waals surface area (Å²) in [4.78, 5) is 43.9. The highest BCUT2D eigenvalue weighted by Crippen LogP contribution is 2.31. The predicted octanol–water partition coefficient (Wildman–Crippen LogP) is 7.35. The van der Waals surface area contributed by atoms with Gasteiger partial charge in [-0.2, -0.15) is 0 Å². The van der Waals surface area contributed by atoms with Crippen molar-refractivity contribution in [3.05, 3.63) is 138 Å². The van der Waals surface area contributed by atoms with E-state index in [9.17, 15) is 14.4 Å². The molecule has 4 aromatic carbocycles. The predicted molar refractivity (Wildman–Crippen MR) is 186 cm³/mol. The van der Waals surface area contributed by atoms with Gasteiger partial charge in [0.05, 0.1) is 5.75 Å². The number of amides is 3. The van der Waals surface area contributed by atoms with Gasteiger partial charge in [-0.1, -0.05) is 42.5 Å². The molecule has 3 N–H and O–H groups in total. The fraction of sp³-hybridized carbons (Fsp3) is 0.0811. The Morgan fingerprint density at radius 3 is 2.28 bits per heavy atom. The van der Waals surface area contributed by atoms with Gasteiger partial charge < -0.3 is 20.5 Å². The van der Waals surface area contributed by atoms with Gasteiger partial charge in [0.1, 0.15) is 5.70 Å². The van der Waals surface area contributed by atoms with Gasteiger partial charge in [-0.3, -0.25) is 19.4 Å². The van der Waals surface area contributed by atoms with Crippen molar-refractivity contribution in [1.29, 1.82) is 0 Å². The van der Waals surface area contributed by atoms with Gasteiger partial charge in [-0.25, -0.2) is 0 Å². The van der Waals surface area contributed by atoms with Crippen LogP contribution in [0.25, 0.3) is 27.9 Å². The second-order valence-electron chi connectivity index (χ2n) is 10.5. The summed E-state index contributed by atoms with van der Waals surface area (Å²) < 4.78 is 2.27. The first kappa shape index (κ1) is 30.4. The average molecular weight is 626 g/mol. The first-order valence-electron chi connectivity index (χ1n) is 14.8. The van der Waals surface area contributed by atoms with E-state index in [1.54, 1.807) is 67.0 Å². The van der Waals surface area contributed by atoms with Crippen LogP contribution in [-0.4, -0.2) is 33.0 Å². The Balaban J connectivity index is 1.08. The highest BCUT2D eigenvalue weighted by atomic mass is 32.2. The molecule has 0 fully saturated rings. The fourth-order valence-electron chi connectivity index (χ4n) is 5.22. The second kappa shape index (κ2) is 14.0. The molecule has 3 amide bonds. The Morgan fingerprint density at radius 1 is 0.783 bits per heavy atom. The third-order valence-corrected chi connectivity index (χ3v) is 8.39. The van der Waals surface area contributed by atoms with E-state index in [4.69, 9.17) is 0 Å². The molecule has 8 nitrogen and oxygen atoms in total. The van der Waals surface area contributed by atoms with E-state index in [-0.39, 0.29) is 17.4 Å². The maximum atomic E-state index is 13.3. The number of hydrogen-bond donors (Lipinski definition) is 3. The average Bonchev–Trinajstić information content (AvgIpc) is 3.41. The highest BCUT2D eigenvalue weighted by molar-refractivity contribution is 8.00. The van der Waals surface area contributed by atoms with Gasteiger partial charge in [0.2, 0.25) is 5.91 Å². The lowest BCUT2D eigenvalue weighted by atomic mass is 10.1. The molecule has 0 saturated carbocycles. The van der Waals surface area contributed by atoms with Crippen LogP contribution in [0.3, 0.4) is 0 Å². The molecule has 0 spiro atoms. The Hall–Kier alpha value is -5.67. The standard InChI is InChI=1S/C37H31N5O3S/c1-2-42-33-13-7-6-12-30(33)31-22-28(16-19-34(31)42)39-35(43)24-46-29-17-14-27(15-18-29)40-37(45)32(21-25-9-8-20-38-23-25)41-36(44)26-10-4-3-5-11-26/h3-23H,2,24H2,1H3,(H,39,43)(H,40,45)(H,41,44)/b32-21-. The van der Waals surface area contributed by atoms with Crippen molar-refractivity contribution in [3.63, 3.8) is 0 Å². The SMILES string of the molecule is CCn1c2ccccc2c2cc(NC(=O)CSc3ccc(NC(=O)/C(=C/c4cccnc4)NC(=O)c4ccccc4)cc3)ccc21. The van der Waals surface area contributed by atoms with Crippen LogP contribution in [0.4, 0.5) is 11.4 Å². The maximum absolute atomic E-state index is 13.3. The van der Waals surface area contributed by atoms with E-state index in [1.165, 1.54) is 17.3 Å². The summed E-state index contributed by atoms with van der Waals surface area (Å²) in [6, 6.07) is 33.7. The molecule has 2 aromatic heterocycles. The number of anilines is 2. The van der Waals surface area contributed by atoms with Crippen LogP contribution in [0.1, 0.15) is 22.8 Å². The number of aryl methyl sites for hydroxylation is 1. The molecule has 0 radical (unpaired) electrons. The number of pyridine rings is 1. The third-order valence-electron chi connectivity index (χ3n) is 7.38. The second-order valence-corrected chi connectivity index (χ2v) is 11.5. The van der Waals surface area contributed by atoms with Gasteiger partial charge >= 0.3 is 0 Å². The Labute approximate surface area is 270 Å². The Bertz CT molecular complexity index is 2060. The maximum Gasteiger partial charge on any atom is 0.272 e. The van der Waals surface area contributed by atoms with Gasteiger partial charge in [-0.05, 0) is 85.3 Å². The minimum atomic E-state index is -0.480. The number of benzene rings is 4. The van der Waals surface area contributed by atoms with Gasteiger partial charge in [0.25, 0.3) is 11.8 Å². The summed E-state index contributed by atoms with van der Waals surface area (Å²) in [5, 5.41) is 10.9. The van der Waals surface area contributed by atoms with E-state index < -0.39 is 11.8 Å². The number of carbonyl (C=O) groups excluding carboxylic acids is 3. The molecule has 6 rings (SSSR count). The van der Waals surface area contributed by atoms with E-state index in [2.05, 4.69) is 50.6 Å². The zero-order valence-electron chi connectivity index (χ0n) is 25.1. The number of hydrogen-bond acceptors (Lipinski definition) is 5. The number of para-hydroxylation sites is 1. The number of thioether (sulfide) groups is 1. The van der Waals surface area contributed by atoms with Gasteiger partial charge in [0.15, 0.2) is 0 Å². The number of nitrogens with zero attached hydrogens (tertiary/aromatic N) is 2. The van der Waals surface area contributed by atoms with Crippen molar-refractivity contribution in [1.82, 2.24) is 14.9 Å². The molecular weight excluding hydrogens is 595 g/mol. The van der Waals surface area contributed by atoms with E-state index in [1.807, 2.05) is 42.5 Å². The molecule has 0 aliphatic rings. The van der Waals surface area contributed by atoms with Crippen molar-refractivity contribution in [3.8, 4) is 0 Å².